The van der Waals surface area contributed by atoms with E-state index in [4.69, 9.17) is 0 Å². The molecule has 2 heteroatoms. The van der Waals surface area contributed by atoms with Gasteiger partial charge in [-0.3, -0.25) is 0 Å². The Hall–Kier alpha value is -2.48. The van der Waals surface area contributed by atoms with Crippen molar-refractivity contribution < 1.29 is 9.13 Å². The van der Waals surface area contributed by atoms with E-state index in [0.717, 1.165) is 0 Å². The molecule has 3 rings (SSSR count). The molecule has 0 saturated heterocycles. The summed E-state index contributed by atoms with van der Waals surface area (Å²) in [5.74, 6) is 0. The summed E-state index contributed by atoms with van der Waals surface area (Å²) in [5.41, 5.74) is 8.96. The number of hydrogen-bond donors (Lipinski definition) is 0. The molecule has 116 valence electrons. The van der Waals surface area contributed by atoms with Gasteiger partial charge < -0.3 is 0 Å². The number of pyridine rings is 2. The van der Waals surface area contributed by atoms with Crippen LogP contribution in [-0.2, 0) is 14.1 Å². The first-order valence-electron chi connectivity index (χ1n) is 8.01. The van der Waals surface area contributed by atoms with Gasteiger partial charge in [0, 0.05) is 29.8 Å². The van der Waals surface area contributed by atoms with Crippen molar-refractivity contribution in [2.24, 2.45) is 14.1 Å². The van der Waals surface area contributed by atoms with E-state index in [2.05, 4.69) is 98.7 Å². The van der Waals surface area contributed by atoms with Crippen molar-refractivity contribution in [3.63, 3.8) is 0 Å². The van der Waals surface area contributed by atoms with Crippen LogP contribution in [0.3, 0.4) is 0 Å². The Morgan fingerprint density at radius 2 is 1.30 bits per heavy atom. The monoisotopic (exact) mass is 304 g/mol. The zero-order valence-corrected chi connectivity index (χ0v) is 14.6. The lowest BCUT2D eigenvalue weighted by molar-refractivity contribution is -0.685. The van der Waals surface area contributed by atoms with Crippen molar-refractivity contribution in [3.05, 3.63) is 71.4 Å². The molecule has 0 bridgehead atoms. The molecule has 0 aliphatic carbocycles. The highest BCUT2D eigenvalue weighted by Gasteiger charge is 2.22. The largest absolute Gasteiger partial charge is 0.277 e. The first-order valence-corrected chi connectivity index (χ1v) is 8.01. The molecule has 0 fully saturated rings. The Morgan fingerprint density at radius 3 is 2.04 bits per heavy atom. The van der Waals surface area contributed by atoms with Crippen molar-refractivity contribution in [3.8, 4) is 22.6 Å². The average molecular weight is 304 g/mol. The smallest absolute Gasteiger partial charge is 0.196 e. The SMILES string of the molecule is Cc1cc(C)c(-c2cccc(-c3cccc[n+]3C)[n+]2C)cc1C. The molecule has 2 heterocycles. The molecule has 0 atom stereocenters. The van der Waals surface area contributed by atoms with Gasteiger partial charge in [-0.15, -0.1) is 0 Å². The molecule has 0 aliphatic heterocycles. The first-order chi connectivity index (χ1) is 11.0. The summed E-state index contributed by atoms with van der Waals surface area (Å²) < 4.78 is 4.44. The van der Waals surface area contributed by atoms with Gasteiger partial charge in [-0.05, 0) is 55.7 Å². The molecule has 0 saturated carbocycles. The second kappa shape index (κ2) is 5.96. The van der Waals surface area contributed by atoms with E-state index in [9.17, 15) is 0 Å². The third kappa shape index (κ3) is 2.77. The average Bonchev–Trinajstić information content (AvgIpc) is 2.52. The van der Waals surface area contributed by atoms with Gasteiger partial charge in [0.1, 0.15) is 14.1 Å². The van der Waals surface area contributed by atoms with E-state index >= 15 is 0 Å². The lowest BCUT2D eigenvalue weighted by Gasteiger charge is -2.10. The number of hydrogen-bond acceptors (Lipinski definition) is 0. The summed E-state index contributed by atoms with van der Waals surface area (Å²) >= 11 is 0. The molecule has 3 aromatic rings. The van der Waals surface area contributed by atoms with Gasteiger partial charge >= 0.3 is 0 Å². The molecule has 0 radical (unpaired) electrons. The third-order valence-corrected chi connectivity index (χ3v) is 4.66. The molecule has 1 aromatic carbocycles. The molecular weight excluding hydrogens is 280 g/mol. The van der Waals surface area contributed by atoms with E-state index in [1.807, 2.05) is 0 Å². The predicted molar refractivity (Wildman–Crippen MR) is 93.9 cm³/mol. The van der Waals surface area contributed by atoms with E-state index in [0.29, 0.717) is 0 Å². The van der Waals surface area contributed by atoms with Gasteiger partial charge in [-0.1, -0.05) is 6.07 Å². The van der Waals surface area contributed by atoms with Gasteiger partial charge in [-0.25, -0.2) is 0 Å². The minimum Gasteiger partial charge on any atom is -0.196 e. The number of rotatable bonds is 2. The predicted octanol–water partition coefficient (Wildman–Crippen LogP) is 3.59. The van der Waals surface area contributed by atoms with Crippen LogP contribution < -0.4 is 9.13 Å². The van der Waals surface area contributed by atoms with Crippen LogP contribution in [0.4, 0.5) is 0 Å². The molecule has 23 heavy (non-hydrogen) atoms. The zero-order valence-electron chi connectivity index (χ0n) is 14.6. The Labute approximate surface area is 138 Å². The number of aromatic nitrogens is 2. The molecule has 0 aliphatic rings. The Morgan fingerprint density at radius 1 is 0.652 bits per heavy atom. The Balaban J connectivity index is 2.22. The summed E-state index contributed by atoms with van der Waals surface area (Å²) in [6.07, 6.45) is 2.09. The fourth-order valence-electron chi connectivity index (χ4n) is 3.14. The highest BCUT2D eigenvalue weighted by molar-refractivity contribution is 5.64. The van der Waals surface area contributed by atoms with Crippen LogP contribution in [0, 0.1) is 20.8 Å². The van der Waals surface area contributed by atoms with Gasteiger partial charge in [0.2, 0.25) is 5.69 Å². The van der Waals surface area contributed by atoms with E-state index in [-0.39, 0.29) is 0 Å². The summed E-state index contributed by atoms with van der Waals surface area (Å²) in [4.78, 5) is 0. The molecule has 2 aromatic heterocycles. The minimum absolute atomic E-state index is 1.21. The van der Waals surface area contributed by atoms with Crippen molar-refractivity contribution in [1.29, 1.82) is 0 Å². The summed E-state index contributed by atoms with van der Waals surface area (Å²) in [6, 6.07) is 17.4. The minimum atomic E-state index is 1.21. The fourth-order valence-corrected chi connectivity index (χ4v) is 3.14. The standard InChI is InChI=1S/C21H24N2/c1-15-13-17(3)18(14-16(15)2)19-10-8-11-21(23(19)5)20-9-6-7-12-22(20)4/h6-14H,1-5H3/q+2. The second-order valence-corrected chi connectivity index (χ2v) is 6.30. The van der Waals surface area contributed by atoms with Crippen LogP contribution in [0.1, 0.15) is 16.7 Å². The van der Waals surface area contributed by atoms with Crippen molar-refractivity contribution in [2.75, 3.05) is 0 Å². The molecule has 0 spiro atoms. The molecule has 0 N–H and O–H groups in total. The van der Waals surface area contributed by atoms with Crippen molar-refractivity contribution in [1.82, 2.24) is 0 Å². The molecule has 0 amide bonds. The van der Waals surface area contributed by atoms with E-state index < -0.39 is 0 Å². The van der Waals surface area contributed by atoms with Crippen molar-refractivity contribution in [2.45, 2.75) is 20.8 Å². The maximum atomic E-state index is 2.30. The summed E-state index contributed by atoms with van der Waals surface area (Å²) in [5, 5.41) is 0. The van der Waals surface area contributed by atoms with E-state index in [1.54, 1.807) is 0 Å². The van der Waals surface area contributed by atoms with Gasteiger partial charge in [0.15, 0.2) is 6.20 Å². The maximum Gasteiger partial charge on any atom is 0.277 e. The molecule has 2 nitrogen and oxygen atoms in total. The number of nitrogens with zero attached hydrogens (tertiary/aromatic N) is 2. The lowest BCUT2D eigenvalue weighted by Crippen LogP contribution is -2.39. The normalized spacial score (nSPS) is 10.8. The first kappa shape index (κ1) is 15.4. The van der Waals surface area contributed by atoms with Crippen LogP contribution in [0.2, 0.25) is 0 Å². The number of aryl methyl sites for hydroxylation is 4. The van der Waals surface area contributed by atoms with Crippen LogP contribution in [0.25, 0.3) is 22.6 Å². The van der Waals surface area contributed by atoms with Crippen LogP contribution >= 0.6 is 0 Å². The van der Waals surface area contributed by atoms with Crippen LogP contribution in [0.15, 0.2) is 54.7 Å². The summed E-state index contributed by atoms with van der Waals surface area (Å²) in [7, 11) is 4.23. The topological polar surface area (TPSA) is 7.76 Å². The third-order valence-electron chi connectivity index (χ3n) is 4.66. The highest BCUT2D eigenvalue weighted by Crippen LogP contribution is 2.25. The molecule has 0 unspecified atom stereocenters. The second-order valence-electron chi connectivity index (χ2n) is 6.30. The zero-order chi connectivity index (χ0) is 16.6. The summed E-state index contributed by atoms with van der Waals surface area (Å²) in [6.45, 7) is 6.54. The lowest BCUT2D eigenvalue weighted by atomic mass is 9.98. The maximum absolute atomic E-state index is 2.30. The Bertz CT molecular complexity index is 879. The van der Waals surface area contributed by atoms with Gasteiger partial charge in [0.25, 0.3) is 11.4 Å². The Kier molecular flexibility index (Phi) is 3.99. The van der Waals surface area contributed by atoms with Crippen molar-refractivity contribution >= 4 is 0 Å². The fraction of sp³-hybridized carbons (Fsp3) is 0.238. The highest BCUT2D eigenvalue weighted by atomic mass is 15.0. The van der Waals surface area contributed by atoms with Gasteiger partial charge in [0.05, 0.1) is 0 Å². The van der Waals surface area contributed by atoms with Crippen LogP contribution in [0.5, 0.6) is 0 Å². The molecular formula is C21H24N2+2. The number of benzene rings is 1. The quantitative estimate of drug-likeness (QED) is 0.639. The van der Waals surface area contributed by atoms with E-state index in [1.165, 1.54) is 39.3 Å². The van der Waals surface area contributed by atoms with Crippen LogP contribution in [-0.4, -0.2) is 0 Å². The van der Waals surface area contributed by atoms with Gasteiger partial charge in [-0.2, -0.15) is 9.13 Å².